The number of fused-ring (bicyclic) bond motifs is 15. The summed E-state index contributed by atoms with van der Waals surface area (Å²) in [7, 11) is 0. The van der Waals surface area contributed by atoms with E-state index in [9.17, 15) is 5.26 Å². The molecule has 0 bridgehead atoms. The summed E-state index contributed by atoms with van der Waals surface area (Å²) in [6.45, 7) is 0. The van der Waals surface area contributed by atoms with E-state index in [-0.39, 0.29) is 0 Å². The first-order valence-corrected chi connectivity index (χ1v) is 22.1. The van der Waals surface area contributed by atoms with E-state index in [4.69, 9.17) is 14.4 Å². The number of hydrogen-bond donors (Lipinski definition) is 0. The fraction of sp³-hybridized carbons (Fsp3) is 0. The number of nitriles is 1. The summed E-state index contributed by atoms with van der Waals surface area (Å²) in [5.74, 6) is 1.25. The third-order valence-corrected chi connectivity index (χ3v) is 13.3. The molecule has 0 N–H and O–H groups in total. The zero-order chi connectivity index (χ0) is 43.5. The molecule has 14 rings (SSSR count). The molecule has 7 heteroatoms. The van der Waals surface area contributed by atoms with Crippen LogP contribution in [0.4, 0.5) is 0 Å². The molecule has 0 fully saturated rings. The second-order valence-electron chi connectivity index (χ2n) is 16.8. The molecule has 14 aromatic rings. The Morgan fingerprint density at radius 2 is 0.985 bits per heavy atom. The maximum Gasteiger partial charge on any atom is 0.162 e. The first-order chi connectivity index (χ1) is 32.7. The lowest BCUT2D eigenvalue weighted by Gasteiger charge is -2.13. The Bertz CT molecular complexity index is 4280. The minimum atomic E-state index is 0.554. The average Bonchev–Trinajstić information content (AvgIpc) is 4.13. The van der Waals surface area contributed by atoms with Crippen LogP contribution < -0.4 is 0 Å². The van der Waals surface area contributed by atoms with Gasteiger partial charge in [0.25, 0.3) is 0 Å². The Morgan fingerprint density at radius 3 is 1.65 bits per heavy atom. The van der Waals surface area contributed by atoms with E-state index in [0.717, 1.165) is 105 Å². The van der Waals surface area contributed by atoms with Gasteiger partial charge in [-0.3, -0.25) is 4.57 Å². The van der Waals surface area contributed by atoms with Crippen molar-refractivity contribution in [3.05, 3.63) is 212 Å². The average molecular weight is 843 g/mol. The van der Waals surface area contributed by atoms with Crippen molar-refractivity contribution in [3.8, 4) is 45.9 Å². The second-order valence-corrected chi connectivity index (χ2v) is 16.8. The smallest absolute Gasteiger partial charge is 0.162 e. The van der Waals surface area contributed by atoms with Crippen molar-refractivity contribution in [3.63, 3.8) is 0 Å². The molecule has 5 aromatic heterocycles. The minimum Gasteiger partial charge on any atom is -0.454 e. The van der Waals surface area contributed by atoms with Crippen molar-refractivity contribution in [1.29, 1.82) is 5.26 Å². The topological polar surface area (TPSA) is 77.5 Å². The highest BCUT2D eigenvalue weighted by molar-refractivity contribution is 6.39. The molecule has 0 amide bonds. The van der Waals surface area contributed by atoms with Gasteiger partial charge < -0.3 is 13.6 Å². The lowest BCUT2D eigenvalue weighted by Crippen LogP contribution is -2.03. The van der Waals surface area contributed by atoms with Crippen LogP contribution in [0.1, 0.15) is 5.56 Å². The Balaban J connectivity index is 1.19. The summed E-state index contributed by atoms with van der Waals surface area (Å²) in [5.41, 5.74) is 13.2. The van der Waals surface area contributed by atoms with Gasteiger partial charge in [-0.1, -0.05) is 121 Å². The first kappa shape index (κ1) is 36.3. The van der Waals surface area contributed by atoms with Crippen molar-refractivity contribution in [2.45, 2.75) is 0 Å². The van der Waals surface area contributed by atoms with Crippen LogP contribution in [0.2, 0.25) is 0 Å². The van der Waals surface area contributed by atoms with Gasteiger partial charge in [-0.15, -0.1) is 0 Å². The van der Waals surface area contributed by atoms with Crippen LogP contribution in [-0.2, 0) is 0 Å². The number of nitrogens with zero attached hydrogens (tertiary/aromatic N) is 6. The predicted molar refractivity (Wildman–Crippen MR) is 268 cm³/mol. The third kappa shape index (κ3) is 5.12. The summed E-state index contributed by atoms with van der Waals surface area (Å²) in [5, 5.41) is 18.6. The minimum absolute atomic E-state index is 0.554. The van der Waals surface area contributed by atoms with Crippen LogP contribution in [0.25, 0.3) is 127 Å². The lowest BCUT2D eigenvalue weighted by molar-refractivity contribution is 0.671. The molecule has 0 saturated heterocycles. The van der Waals surface area contributed by atoms with Crippen LogP contribution in [-0.4, -0.2) is 23.7 Å². The Labute approximate surface area is 376 Å². The maximum atomic E-state index is 9.67. The molecule has 66 heavy (non-hydrogen) atoms. The third-order valence-electron chi connectivity index (χ3n) is 13.3. The molecule has 0 atom stereocenters. The first-order valence-electron chi connectivity index (χ1n) is 22.1. The molecule has 0 saturated carbocycles. The van der Waals surface area contributed by atoms with Gasteiger partial charge in [0.05, 0.1) is 44.9 Å². The van der Waals surface area contributed by atoms with Crippen molar-refractivity contribution in [1.82, 2.24) is 23.7 Å². The molecule has 0 spiro atoms. The van der Waals surface area contributed by atoms with Crippen LogP contribution in [0.5, 0.6) is 0 Å². The normalized spacial score (nSPS) is 11.9. The van der Waals surface area contributed by atoms with Gasteiger partial charge >= 0.3 is 0 Å². The molecule has 0 aliphatic rings. The number of rotatable bonds is 5. The van der Waals surface area contributed by atoms with E-state index in [0.29, 0.717) is 17.2 Å². The largest absolute Gasteiger partial charge is 0.454 e. The lowest BCUT2D eigenvalue weighted by atomic mass is 10.0. The van der Waals surface area contributed by atoms with Crippen molar-refractivity contribution < 1.29 is 4.42 Å². The summed E-state index contributed by atoms with van der Waals surface area (Å²) in [6, 6.07) is 74.0. The van der Waals surface area contributed by atoms with Gasteiger partial charge in [-0.2, -0.15) is 5.26 Å². The van der Waals surface area contributed by atoms with Gasteiger partial charge in [-0.05, 0) is 78.9 Å². The highest BCUT2D eigenvalue weighted by Crippen LogP contribution is 2.50. The van der Waals surface area contributed by atoms with Crippen LogP contribution >= 0.6 is 0 Å². The van der Waals surface area contributed by atoms with Crippen molar-refractivity contribution in [2.75, 3.05) is 0 Å². The Hall–Kier alpha value is -9.25. The number of benzene rings is 9. The molecule has 0 unspecified atom stereocenters. The molecule has 5 heterocycles. The Morgan fingerprint density at radius 1 is 0.409 bits per heavy atom. The summed E-state index contributed by atoms with van der Waals surface area (Å²) in [6.07, 6.45) is 0. The Kier molecular flexibility index (Phi) is 7.62. The zero-order valence-electron chi connectivity index (χ0n) is 35.2. The standard InChI is InChI=1S/C59H34N6O/c60-35-36-27-29-38(30-28-36)59-61-46(37-15-3-1-4-16-37)34-52(62-59)65-50-26-14-10-22-44(50)55-56-53(43-21-9-13-25-49(43)64(56)39-17-5-2-6-18-39)54-45-33-40(31-32-51(45)66-58(54)57(55)65)63-47-23-11-7-19-41(47)42-20-8-12-24-48(42)63/h1-34H. The second kappa shape index (κ2) is 13.9. The van der Waals surface area contributed by atoms with Crippen molar-refractivity contribution >= 4 is 87.4 Å². The van der Waals surface area contributed by atoms with Gasteiger partial charge in [0.15, 0.2) is 11.4 Å². The van der Waals surface area contributed by atoms with E-state index in [2.05, 4.69) is 184 Å². The summed E-state index contributed by atoms with van der Waals surface area (Å²) in [4.78, 5) is 10.6. The van der Waals surface area contributed by atoms with Crippen LogP contribution in [0.15, 0.2) is 211 Å². The van der Waals surface area contributed by atoms with E-state index < -0.39 is 0 Å². The van der Waals surface area contributed by atoms with Crippen LogP contribution in [0, 0.1) is 11.3 Å². The van der Waals surface area contributed by atoms with Gasteiger partial charge in [0.1, 0.15) is 16.9 Å². The molecular weight excluding hydrogens is 809 g/mol. The monoisotopic (exact) mass is 842 g/mol. The summed E-state index contributed by atoms with van der Waals surface area (Å²) >= 11 is 0. The number of aromatic nitrogens is 5. The van der Waals surface area contributed by atoms with Gasteiger partial charge in [-0.25, -0.2) is 9.97 Å². The molecule has 306 valence electrons. The fourth-order valence-electron chi connectivity index (χ4n) is 10.5. The van der Waals surface area contributed by atoms with E-state index >= 15 is 0 Å². The van der Waals surface area contributed by atoms with Gasteiger partial charge in [0.2, 0.25) is 0 Å². The van der Waals surface area contributed by atoms with E-state index in [1.165, 1.54) is 10.8 Å². The van der Waals surface area contributed by atoms with E-state index in [1.807, 2.05) is 42.5 Å². The number of hydrogen-bond acceptors (Lipinski definition) is 4. The van der Waals surface area contributed by atoms with E-state index in [1.54, 1.807) is 0 Å². The SMILES string of the molecule is N#Cc1ccc(-c2nc(-c3ccccc3)cc(-n3c4ccccc4c4c3c3oc5ccc(-n6c7ccccc7c7ccccc76)cc5c3c3c5ccccc5n(-c5ccccc5)c34)n2)cc1. The quantitative estimate of drug-likeness (QED) is 0.173. The predicted octanol–water partition coefficient (Wildman–Crippen LogP) is 14.9. The molecule has 9 aromatic carbocycles. The molecule has 7 nitrogen and oxygen atoms in total. The fourth-order valence-corrected chi connectivity index (χ4v) is 10.5. The van der Waals surface area contributed by atoms with Gasteiger partial charge in [0, 0.05) is 71.7 Å². The number of para-hydroxylation sites is 5. The molecular formula is C59H34N6O. The highest BCUT2D eigenvalue weighted by Gasteiger charge is 2.29. The molecule has 0 aliphatic heterocycles. The van der Waals surface area contributed by atoms with Crippen molar-refractivity contribution in [2.24, 2.45) is 0 Å². The summed E-state index contributed by atoms with van der Waals surface area (Å²) < 4.78 is 14.4. The molecule has 0 aliphatic carbocycles. The highest BCUT2D eigenvalue weighted by atomic mass is 16.3. The van der Waals surface area contributed by atoms with Crippen LogP contribution in [0.3, 0.4) is 0 Å². The molecule has 0 radical (unpaired) electrons. The maximum absolute atomic E-state index is 9.67. The zero-order valence-corrected chi connectivity index (χ0v) is 35.2. The number of furan rings is 1.